The Balaban J connectivity index is 1.23. The highest BCUT2D eigenvalue weighted by Gasteiger charge is 2.56. The minimum absolute atomic E-state index is 0.107. The Labute approximate surface area is 223 Å². The van der Waals surface area contributed by atoms with Crippen LogP contribution in [0.15, 0.2) is 18.3 Å². The molecule has 2 aliphatic heterocycles. The van der Waals surface area contributed by atoms with Gasteiger partial charge < -0.3 is 15.0 Å². The van der Waals surface area contributed by atoms with E-state index in [0.29, 0.717) is 31.4 Å². The van der Waals surface area contributed by atoms with E-state index >= 15 is 0 Å². The Kier molecular flexibility index (Phi) is 6.84. The van der Waals surface area contributed by atoms with Gasteiger partial charge in [0.2, 0.25) is 11.8 Å². The van der Waals surface area contributed by atoms with Crippen LogP contribution in [0, 0.1) is 11.7 Å². The third-order valence-electron chi connectivity index (χ3n) is 7.77. The van der Waals surface area contributed by atoms with Gasteiger partial charge >= 0.3 is 0 Å². The highest BCUT2D eigenvalue weighted by Crippen LogP contribution is 2.50. The lowest BCUT2D eigenvalue weighted by molar-refractivity contribution is -0.130. The number of pyridine rings is 1. The van der Waals surface area contributed by atoms with Crippen LogP contribution in [0.4, 0.5) is 17.6 Å². The molecule has 1 saturated carbocycles. The molecule has 2 amide bonds. The minimum Gasteiger partial charge on any atom is -0.481 e. The molecule has 2 unspecified atom stereocenters. The number of ether oxygens (including phenoxy) is 1. The van der Waals surface area contributed by atoms with Crippen molar-refractivity contribution < 1.29 is 31.9 Å². The number of hydrogen-bond acceptors (Lipinski definition) is 6. The van der Waals surface area contributed by atoms with Gasteiger partial charge in [-0.25, -0.2) is 22.5 Å². The van der Waals surface area contributed by atoms with Crippen molar-refractivity contribution in [2.75, 3.05) is 33.3 Å². The van der Waals surface area contributed by atoms with E-state index in [2.05, 4.69) is 20.5 Å². The molecule has 2 atom stereocenters. The number of H-pyrrole nitrogens is 1. The molecule has 5 rings (SSSR count). The number of aromatic nitrogens is 3. The van der Waals surface area contributed by atoms with Gasteiger partial charge in [0.05, 0.1) is 25.5 Å². The zero-order valence-electron chi connectivity index (χ0n) is 22.1. The molecule has 2 saturated heterocycles. The fourth-order valence-electron chi connectivity index (χ4n) is 5.75. The molecule has 13 heteroatoms. The molecule has 4 heterocycles. The Morgan fingerprint density at radius 3 is 2.69 bits per heavy atom. The number of nitrogens with zero attached hydrogens (tertiary/aromatic N) is 4. The van der Waals surface area contributed by atoms with Crippen LogP contribution >= 0.6 is 0 Å². The normalized spacial score (nSPS) is 24.1. The number of nitrogens with one attached hydrogen (secondary N) is 2. The number of hydrogen-bond donors (Lipinski definition) is 2. The van der Waals surface area contributed by atoms with Crippen molar-refractivity contribution in [2.45, 2.75) is 62.7 Å². The van der Waals surface area contributed by atoms with Gasteiger partial charge in [-0.05, 0) is 45.6 Å². The SMILES string of the molecule is COc1cc(-c2cc(C(=O)N3CCC(C(=O)NC4CN(CC(C)(C)F)CC4(F)F)CC34CC4)n[nH]2)c(F)cn1. The predicted molar refractivity (Wildman–Crippen MR) is 133 cm³/mol. The number of amides is 2. The van der Waals surface area contributed by atoms with Gasteiger partial charge in [0.15, 0.2) is 11.5 Å². The molecule has 2 aromatic rings. The topological polar surface area (TPSA) is 103 Å². The van der Waals surface area contributed by atoms with Gasteiger partial charge in [0.25, 0.3) is 11.8 Å². The Hall–Kier alpha value is -3.22. The number of likely N-dealkylation sites (tertiary alicyclic amines) is 2. The lowest BCUT2D eigenvalue weighted by Crippen LogP contribution is -2.54. The minimum atomic E-state index is -3.16. The second-order valence-corrected chi connectivity index (χ2v) is 11.5. The standard InChI is InChI=1S/C26H32F4N6O3/c1-24(2,28)13-35-12-20(26(29,30)14-35)32-22(37)15-4-7-36(25(10-15)5-6-25)23(38)19-9-18(33-34-19)16-8-21(39-3)31-11-17(16)27/h8-9,11,15,20H,4-7,10,12-14H2,1-3H3,(H,32,37)(H,33,34). The fraction of sp³-hybridized carbons (Fsp3) is 0.615. The summed E-state index contributed by atoms with van der Waals surface area (Å²) in [4.78, 5) is 33.2. The second kappa shape index (κ2) is 9.76. The monoisotopic (exact) mass is 552 g/mol. The highest BCUT2D eigenvalue weighted by molar-refractivity contribution is 5.94. The molecule has 0 bridgehead atoms. The van der Waals surface area contributed by atoms with Crippen molar-refractivity contribution >= 4 is 11.8 Å². The van der Waals surface area contributed by atoms with Gasteiger partial charge in [-0.3, -0.25) is 19.6 Å². The van der Waals surface area contributed by atoms with Crippen LogP contribution < -0.4 is 10.1 Å². The van der Waals surface area contributed by atoms with E-state index in [9.17, 15) is 27.2 Å². The Morgan fingerprint density at radius 2 is 2.03 bits per heavy atom. The van der Waals surface area contributed by atoms with Crippen LogP contribution in [-0.4, -0.2) is 93.3 Å². The first-order valence-electron chi connectivity index (χ1n) is 13.0. The number of carbonyl (C=O) groups excluding carboxylic acids is 2. The second-order valence-electron chi connectivity index (χ2n) is 11.5. The van der Waals surface area contributed by atoms with E-state index in [4.69, 9.17) is 4.74 Å². The first-order valence-corrected chi connectivity index (χ1v) is 13.0. The van der Waals surface area contributed by atoms with Gasteiger partial charge in [-0.15, -0.1) is 0 Å². The maximum Gasteiger partial charge on any atom is 0.281 e. The number of aromatic amines is 1. The predicted octanol–water partition coefficient (Wildman–Crippen LogP) is 3.19. The van der Waals surface area contributed by atoms with E-state index in [1.54, 1.807) is 4.90 Å². The smallest absolute Gasteiger partial charge is 0.281 e. The molecule has 3 aliphatic rings. The van der Waals surface area contributed by atoms with Crippen molar-refractivity contribution in [1.82, 2.24) is 30.3 Å². The quantitative estimate of drug-likeness (QED) is 0.512. The number of carbonyl (C=O) groups is 2. The van der Waals surface area contributed by atoms with Crippen molar-refractivity contribution in [3.8, 4) is 17.1 Å². The lowest BCUT2D eigenvalue weighted by atomic mass is 9.87. The summed E-state index contributed by atoms with van der Waals surface area (Å²) in [6, 6.07) is 1.47. The van der Waals surface area contributed by atoms with Gasteiger partial charge in [-0.1, -0.05) is 0 Å². The third kappa shape index (κ3) is 5.59. The first-order chi connectivity index (χ1) is 18.3. The maximum atomic E-state index is 14.6. The number of halogens is 4. The van der Waals surface area contributed by atoms with Crippen molar-refractivity contribution in [2.24, 2.45) is 5.92 Å². The lowest BCUT2D eigenvalue weighted by Gasteiger charge is -2.39. The molecule has 3 fully saturated rings. The largest absolute Gasteiger partial charge is 0.481 e. The zero-order chi connectivity index (χ0) is 28.2. The molecular formula is C26H32F4N6O3. The molecule has 1 spiro atoms. The van der Waals surface area contributed by atoms with Crippen molar-refractivity contribution in [3.63, 3.8) is 0 Å². The van der Waals surface area contributed by atoms with Crippen LogP contribution in [-0.2, 0) is 4.79 Å². The van der Waals surface area contributed by atoms with Crippen LogP contribution in [0.5, 0.6) is 5.88 Å². The number of piperidine rings is 1. The van der Waals surface area contributed by atoms with Crippen LogP contribution in [0.2, 0.25) is 0 Å². The number of methoxy groups -OCH3 is 1. The van der Waals surface area contributed by atoms with Gasteiger partial charge in [0, 0.05) is 42.7 Å². The first kappa shape index (κ1) is 27.4. The van der Waals surface area contributed by atoms with Crippen molar-refractivity contribution in [3.05, 3.63) is 29.8 Å². The van der Waals surface area contributed by atoms with E-state index in [1.165, 1.54) is 38.0 Å². The summed E-state index contributed by atoms with van der Waals surface area (Å²) < 4.78 is 62.6. The summed E-state index contributed by atoms with van der Waals surface area (Å²) in [6.07, 6.45) is 3.07. The van der Waals surface area contributed by atoms with Gasteiger partial charge in [-0.2, -0.15) is 5.10 Å². The van der Waals surface area contributed by atoms with E-state index in [1.807, 2.05) is 0 Å². The Bertz CT molecular complexity index is 1260. The summed E-state index contributed by atoms with van der Waals surface area (Å²) in [5.41, 5.74) is -1.61. The summed E-state index contributed by atoms with van der Waals surface area (Å²) >= 11 is 0. The number of alkyl halides is 3. The van der Waals surface area contributed by atoms with Crippen LogP contribution in [0.3, 0.4) is 0 Å². The Morgan fingerprint density at radius 1 is 1.28 bits per heavy atom. The van der Waals surface area contributed by atoms with E-state index in [0.717, 1.165) is 6.20 Å². The van der Waals surface area contributed by atoms with E-state index in [-0.39, 0.29) is 42.7 Å². The molecular weight excluding hydrogens is 520 g/mol. The summed E-state index contributed by atoms with van der Waals surface area (Å²) in [7, 11) is 1.41. The van der Waals surface area contributed by atoms with Gasteiger partial charge in [0.1, 0.15) is 11.7 Å². The fourth-order valence-corrected chi connectivity index (χ4v) is 5.75. The molecule has 2 aromatic heterocycles. The van der Waals surface area contributed by atoms with Crippen molar-refractivity contribution in [1.29, 1.82) is 0 Å². The molecule has 39 heavy (non-hydrogen) atoms. The highest BCUT2D eigenvalue weighted by atomic mass is 19.3. The van der Waals surface area contributed by atoms with Crippen LogP contribution in [0.25, 0.3) is 11.3 Å². The molecule has 0 radical (unpaired) electrons. The third-order valence-corrected chi connectivity index (χ3v) is 7.77. The molecule has 0 aromatic carbocycles. The maximum absolute atomic E-state index is 14.6. The molecule has 1 aliphatic carbocycles. The summed E-state index contributed by atoms with van der Waals surface area (Å²) in [5, 5.41) is 9.29. The summed E-state index contributed by atoms with van der Waals surface area (Å²) in [5.74, 6) is -4.89. The molecule has 2 N–H and O–H groups in total. The average molecular weight is 553 g/mol. The van der Waals surface area contributed by atoms with Crippen LogP contribution in [0.1, 0.15) is 50.0 Å². The zero-order valence-corrected chi connectivity index (χ0v) is 22.1. The summed E-state index contributed by atoms with van der Waals surface area (Å²) in [6.45, 7) is 2.05. The molecule has 212 valence electrons. The average Bonchev–Trinajstić information content (AvgIpc) is 3.32. The van der Waals surface area contributed by atoms with E-state index < -0.39 is 47.4 Å². The molecule has 9 nitrogen and oxygen atoms in total. The number of rotatable bonds is 7.